The molecule has 7 N–H and O–H groups in total. The first kappa shape index (κ1) is 45.8. The van der Waals surface area contributed by atoms with Crippen molar-refractivity contribution in [3.05, 3.63) is 155 Å². The SMILES string of the molecule is COc1cccc(Nc2c(C(N)=O)cnc3c(C)cc(S(=O)(=O)c4cccc(C(=O)Nc5cccc(-c6ccc(CCCCNC[C@H](C)c7ccc(O)c8c7OCC(=O)N8)cc6)c5)c4)cc23)c1. The number of benzene rings is 6. The Morgan fingerprint density at radius 2 is 1.67 bits per heavy atom. The predicted molar refractivity (Wildman–Crippen MR) is 259 cm³/mol. The normalized spacial score (nSPS) is 12.7. The van der Waals surface area contributed by atoms with Crippen molar-refractivity contribution >= 4 is 61.2 Å². The van der Waals surface area contributed by atoms with Crippen LogP contribution in [0.3, 0.4) is 0 Å². The number of fused-ring (bicyclic) bond motifs is 2. The van der Waals surface area contributed by atoms with E-state index < -0.39 is 21.7 Å². The molecule has 8 rings (SSSR count). The lowest BCUT2D eigenvalue weighted by molar-refractivity contribution is -0.118. The van der Waals surface area contributed by atoms with Gasteiger partial charge in [0.15, 0.2) is 12.4 Å². The maximum atomic E-state index is 14.3. The maximum Gasteiger partial charge on any atom is 0.262 e. The van der Waals surface area contributed by atoms with Crippen molar-refractivity contribution in [2.75, 3.05) is 42.8 Å². The van der Waals surface area contributed by atoms with Crippen LogP contribution in [0.5, 0.6) is 17.2 Å². The number of methoxy groups -OCH3 is 1. The number of nitrogens with one attached hydrogen (secondary N) is 4. The number of anilines is 4. The van der Waals surface area contributed by atoms with E-state index in [2.05, 4.69) is 57.4 Å². The van der Waals surface area contributed by atoms with Gasteiger partial charge in [0, 0.05) is 46.7 Å². The zero-order valence-corrected chi connectivity index (χ0v) is 38.0. The maximum absolute atomic E-state index is 14.3. The van der Waals surface area contributed by atoms with Crippen molar-refractivity contribution in [3.63, 3.8) is 0 Å². The highest BCUT2D eigenvalue weighted by atomic mass is 32.2. The van der Waals surface area contributed by atoms with Crippen LogP contribution >= 0.6 is 0 Å². The second kappa shape index (κ2) is 19.8. The first-order chi connectivity index (χ1) is 32.3. The Labute approximate surface area is 388 Å². The number of hydrogen-bond acceptors (Lipinski definition) is 11. The van der Waals surface area contributed by atoms with Crippen LogP contribution in [-0.2, 0) is 21.1 Å². The van der Waals surface area contributed by atoms with E-state index in [4.69, 9.17) is 15.2 Å². The van der Waals surface area contributed by atoms with Crippen LogP contribution in [0.4, 0.5) is 22.7 Å². The molecule has 67 heavy (non-hydrogen) atoms. The van der Waals surface area contributed by atoms with Gasteiger partial charge in [-0.1, -0.05) is 61.5 Å². The molecule has 0 saturated heterocycles. The Bertz CT molecular complexity index is 3140. The molecule has 7 aromatic rings. The van der Waals surface area contributed by atoms with E-state index >= 15 is 0 Å². The van der Waals surface area contributed by atoms with Crippen molar-refractivity contribution in [2.45, 2.75) is 48.8 Å². The smallest absolute Gasteiger partial charge is 0.262 e. The van der Waals surface area contributed by atoms with Crippen LogP contribution in [0, 0.1) is 6.92 Å². The van der Waals surface area contributed by atoms with Crippen LogP contribution in [0.2, 0.25) is 0 Å². The Balaban J connectivity index is 0.892. The van der Waals surface area contributed by atoms with Crippen LogP contribution in [0.1, 0.15) is 63.1 Å². The number of aryl methyl sites for hydroxylation is 2. The van der Waals surface area contributed by atoms with Crippen molar-refractivity contribution in [2.24, 2.45) is 5.73 Å². The molecule has 15 heteroatoms. The minimum Gasteiger partial charge on any atom is -0.506 e. The number of carbonyl (C=O) groups excluding carboxylic acids is 3. The van der Waals surface area contributed by atoms with Crippen LogP contribution in [0.25, 0.3) is 22.0 Å². The fraction of sp³-hybridized carbons (Fsp3) is 0.192. The summed E-state index contributed by atoms with van der Waals surface area (Å²) < 4.78 is 39.6. The van der Waals surface area contributed by atoms with E-state index in [0.717, 1.165) is 49.0 Å². The number of aromatic nitrogens is 1. The fourth-order valence-electron chi connectivity index (χ4n) is 8.13. The fourth-order valence-corrected chi connectivity index (χ4v) is 9.54. The minimum atomic E-state index is -4.18. The minimum absolute atomic E-state index is 0.0115. The van der Waals surface area contributed by atoms with E-state index in [1.54, 1.807) is 49.4 Å². The lowest BCUT2D eigenvalue weighted by atomic mass is 9.98. The first-order valence-corrected chi connectivity index (χ1v) is 23.3. The van der Waals surface area contributed by atoms with Gasteiger partial charge in [-0.3, -0.25) is 19.4 Å². The average molecular weight is 919 g/mol. The molecule has 0 aliphatic carbocycles. The highest BCUT2D eigenvalue weighted by Gasteiger charge is 2.26. The number of carbonyl (C=O) groups is 3. The van der Waals surface area contributed by atoms with Gasteiger partial charge < -0.3 is 41.6 Å². The molecule has 6 aromatic carbocycles. The van der Waals surface area contributed by atoms with Crippen molar-refractivity contribution in [3.8, 4) is 28.4 Å². The third kappa shape index (κ3) is 10.2. The lowest BCUT2D eigenvalue weighted by Gasteiger charge is -2.24. The van der Waals surface area contributed by atoms with Crippen LogP contribution in [-0.4, -0.2) is 63.0 Å². The number of ether oxygens (including phenoxy) is 2. The Hall–Kier alpha value is -7.75. The number of phenols is 1. The average Bonchev–Trinajstić information content (AvgIpc) is 3.33. The number of amides is 3. The highest BCUT2D eigenvalue weighted by molar-refractivity contribution is 7.91. The van der Waals surface area contributed by atoms with E-state index in [0.29, 0.717) is 50.7 Å². The Morgan fingerprint density at radius 3 is 2.46 bits per heavy atom. The lowest BCUT2D eigenvalue weighted by Crippen LogP contribution is -2.27. The molecule has 14 nitrogen and oxygen atoms in total. The van der Waals surface area contributed by atoms with Gasteiger partial charge >= 0.3 is 0 Å². The molecular weight excluding hydrogens is 869 g/mol. The zero-order valence-electron chi connectivity index (χ0n) is 37.2. The molecule has 1 aliphatic rings. The molecule has 342 valence electrons. The van der Waals surface area contributed by atoms with Gasteiger partial charge in [-0.2, -0.15) is 0 Å². The van der Waals surface area contributed by atoms with Gasteiger partial charge in [0.1, 0.15) is 17.2 Å². The molecule has 0 fully saturated rings. The molecule has 3 amide bonds. The number of nitrogens with two attached hydrogens (primary N) is 1. The summed E-state index contributed by atoms with van der Waals surface area (Å²) in [7, 11) is -2.65. The largest absolute Gasteiger partial charge is 0.506 e. The summed E-state index contributed by atoms with van der Waals surface area (Å²) in [6.07, 6.45) is 4.26. The summed E-state index contributed by atoms with van der Waals surface area (Å²) in [5, 5.41) is 22.9. The summed E-state index contributed by atoms with van der Waals surface area (Å²) in [5.74, 6) is -0.319. The Morgan fingerprint density at radius 1 is 0.896 bits per heavy atom. The van der Waals surface area contributed by atoms with Gasteiger partial charge in [-0.25, -0.2) is 8.42 Å². The molecule has 0 spiro atoms. The molecule has 1 atom stereocenters. The number of nitrogens with zero attached hydrogens (tertiary/aromatic N) is 1. The number of phenolic OH excluding ortho intramolecular Hbond substituents is 1. The van der Waals surface area contributed by atoms with Crippen molar-refractivity contribution in [1.82, 2.24) is 10.3 Å². The van der Waals surface area contributed by atoms with Gasteiger partial charge in [-0.15, -0.1) is 0 Å². The molecule has 1 aliphatic heterocycles. The molecule has 0 saturated carbocycles. The van der Waals surface area contributed by atoms with Crippen molar-refractivity contribution in [1.29, 1.82) is 0 Å². The van der Waals surface area contributed by atoms with E-state index in [9.17, 15) is 27.9 Å². The predicted octanol–water partition coefficient (Wildman–Crippen LogP) is 8.90. The molecule has 0 bridgehead atoms. The monoisotopic (exact) mass is 918 g/mol. The molecular formula is C52H50N6O8S. The van der Waals surface area contributed by atoms with Crippen LogP contribution in [0.15, 0.2) is 137 Å². The second-order valence-corrected chi connectivity index (χ2v) is 18.4. The van der Waals surface area contributed by atoms with E-state index in [1.807, 2.05) is 24.3 Å². The number of pyridine rings is 1. The second-order valence-electron chi connectivity index (χ2n) is 16.4. The topological polar surface area (TPSA) is 211 Å². The zero-order chi connectivity index (χ0) is 47.2. The standard InChI is InChI=1S/C52H50N6O8S/c1-31-23-41(27-43-47(31)55-29-44(51(53)61)48(43)56-38-13-8-14-39(26-38)65-3)67(63,64)40-15-7-11-36(25-40)52(62)57-37-12-6-10-35(24-37)34-18-16-33(17-19-34)9-4-5-22-54-28-32(2)42-20-21-45(59)49-50(42)66-30-46(60)58-49/h6-8,10-21,23-27,29,32,54,59H,4-5,9,22,28,30H2,1-3H3,(H2,53,61)(H,55,56)(H,57,62)(H,58,60)/t32-/m0/s1. The Kier molecular flexibility index (Phi) is 13.5. The molecule has 2 heterocycles. The summed E-state index contributed by atoms with van der Waals surface area (Å²) in [5.41, 5.74) is 12.8. The van der Waals surface area contributed by atoms with E-state index in [1.165, 1.54) is 49.2 Å². The third-order valence-electron chi connectivity index (χ3n) is 11.7. The highest BCUT2D eigenvalue weighted by Crippen LogP contribution is 2.42. The van der Waals surface area contributed by atoms with Gasteiger partial charge in [0.05, 0.1) is 33.7 Å². The third-order valence-corrected chi connectivity index (χ3v) is 13.4. The molecule has 1 aromatic heterocycles. The number of sulfone groups is 1. The van der Waals surface area contributed by atoms with Gasteiger partial charge in [-0.05, 0) is 122 Å². The number of rotatable bonds is 17. The summed E-state index contributed by atoms with van der Waals surface area (Å²) in [4.78, 5) is 42.3. The molecule has 0 unspecified atom stereocenters. The number of hydrogen-bond donors (Lipinski definition) is 6. The molecule has 0 radical (unpaired) electrons. The van der Waals surface area contributed by atoms with E-state index in [-0.39, 0.29) is 45.1 Å². The number of primary amides is 1. The number of aromatic hydroxyl groups is 1. The summed E-state index contributed by atoms with van der Waals surface area (Å²) in [6.45, 7) is 5.30. The summed E-state index contributed by atoms with van der Waals surface area (Å²) in [6, 6.07) is 35.1. The summed E-state index contributed by atoms with van der Waals surface area (Å²) >= 11 is 0. The van der Waals surface area contributed by atoms with Gasteiger partial charge in [0.25, 0.3) is 17.7 Å². The van der Waals surface area contributed by atoms with Crippen LogP contribution < -0.4 is 36.5 Å². The number of unbranched alkanes of at least 4 members (excludes halogenated alkanes) is 1. The first-order valence-electron chi connectivity index (χ1n) is 21.8. The van der Waals surface area contributed by atoms with Gasteiger partial charge in [0.2, 0.25) is 9.84 Å². The van der Waals surface area contributed by atoms with Crippen molar-refractivity contribution < 1.29 is 37.4 Å². The quantitative estimate of drug-likeness (QED) is 0.0375.